The summed E-state index contributed by atoms with van der Waals surface area (Å²) < 4.78 is 101. The van der Waals surface area contributed by atoms with Gasteiger partial charge in [-0.2, -0.15) is 13.2 Å². The van der Waals surface area contributed by atoms with E-state index in [1.54, 1.807) is 11.8 Å². The zero-order chi connectivity index (χ0) is 34.3. The number of amides is 1. The molecule has 0 saturated carbocycles. The Morgan fingerprint density at radius 3 is 2.30 bits per heavy atom. The fourth-order valence-corrected chi connectivity index (χ4v) is 8.51. The number of carbonyl (C=O) groups is 1. The average Bonchev–Trinajstić information content (AvgIpc) is 3.45. The molecule has 3 heterocycles. The van der Waals surface area contributed by atoms with Crippen LogP contribution in [0.15, 0.2) is 30.3 Å². The van der Waals surface area contributed by atoms with Crippen molar-refractivity contribution < 1.29 is 39.9 Å². The average molecular weight is 706 g/mol. The molecule has 0 spiro atoms. The number of anilines is 1. The van der Waals surface area contributed by atoms with Crippen molar-refractivity contribution in [1.82, 2.24) is 9.80 Å². The smallest absolute Gasteiger partial charge is 0.381 e. The van der Waals surface area contributed by atoms with Crippen molar-refractivity contribution in [1.29, 1.82) is 0 Å². The summed E-state index contributed by atoms with van der Waals surface area (Å²) >= 11 is 6.39. The second kappa shape index (κ2) is 14.2. The zero-order valence-corrected chi connectivity index (χ0v) is 28.3. The number of likely N-dealkylation sites (tertiary alicyclic amines) is 2. The van der Waals surface area contributed by atoms with E-state index in [1.165, 1.54) is 24.3 Å². The first-order valence-electron chi connectivity index (χ1n) is 15.9. The van der Waals surface area contributed by atoms with Crippen molar-refractivity contribution in [2.45, 2.75) is 63.6 Å². The molecule has 5 rings (SSSR count). The Labute approximate surface area is 278 Å². The highest BCUT2D eigenvalue weighted by atomic mass is 35.5. The van der Waals surface area contributed by atoms with Gasteiger partial charge in [0.2, 0.25) is 15.9 Å². The summed E-state index contributed by atoms with van der Waals surface area (Å²) in [6.45, 7) is 4.79. The van der Waals surface area contributed by atoms with Gasteiger partial charge in [0.1, 0.15) is 18.2 Å². The largest absolute Gasteiger partial charge is 0.407 e. The van der Waals surface area contributed by atoms with Crippen LogP contribution in [-0.4, -0.2) is 88.5 Å². The van der Waals surface area contributed by atoms with Crippen LogP contribution in [0.1, 0.15) is 61.1 Å². The van der Waals surface area contributed by atoms with Crippen molar-refractivity contribution in [3.63, 3.8) is 0 Å². The monoisotopic (exact) mass is 705 g/mol. The van der Waals surface area contributed by atoms with E-state index < -0.39 is 46.2 Å². The standard InChI is InChI=1S/C33H41ClF5N3O4S/c1-20-14-31(42(47(3,44)45)19-33(37,38)39)26(16-29(20)34)23-6-10-40(11-7-23)32(43)28-18-41(21(2)22-8-12-46-13-9-22)17-27(28)25-5-4-24(35)15-30(25)36/h4-5,14-16,21-23,27-28H,6-13,17-19H2,1-3H3/t21?,27-,28?/m0/s1. The van der Waals surface area contributed by atoms with Gasteiger partial charge in [0, 0.05) is 62.4 Å². The Balaban J connectivity index is 1.37. The first kappa shape index (κ1) is 35.8. The molecule has 0 radical (unpaired) electrons. The third-order valence-electron chi connectivity index (χ3n) is 10.1. The highest BCUT2D eigenvalue weighted by molar-refractivity contribution is 7.92. The van der Waals surface area contributed by atoms with Crippen LogP contribution in [0, 0.1) is 30.4 Å². The van der Waals surface area contributed by atoms with Crippen LogP contribution in [0.4, 0.5) is 27.6 Å². The maximum absolute atomic E-state index is 15.1. The molecule has 14 heteroatoms. The lowest BCUT2D eigenvalue weighted by Crippen LogP contribution is -2.44. The van der Waals surface area contributed by atoms with E-state index in [1.807, 2.05) is 0 Å². The molecule has 2 aromatic carbocycles. The maximum atomic E-state index is 15.1. The molecular formula is C33H41ClF5N3O4S. The van der Waals surface area contributed by atoms with E-state index in [0.717, 1.165) is 25.2 Å². The summed E-state index contributed by atoms with van der Waals surface area (Å²) in [6.07, 6.45) is -1.52. The molecule has 0 bridgehead atoms. The van der Waals surface area contributed by atoms with Gasteiger partial charge in [-0.1, -0.05) is 17.7 Å². The first-order valence-corrected chi connectivity index (χ1v) is 18.2. The fourth-order valence-electron chi connectivity index (χ4n) is 7.44. The van der Waals surface area contributed by atoms with Crippen molar-refractivity contribution in [2.75, 3.05) is 56.5 Å². The van der Waals surface area contributed by atoms with Crippen LogP contribution in [0.3, 0.4) is 0 Å². The van der Waals surface area contributed by atoms with Crippen molar-refractivity contribution in [3.05, 3.63) is 63.7 Å². The number of alkyl halides is 3. The fraction of sp³-hybridized carbons (Fsp3) is 0.606. The molecule has 3 aliphatic rings. The summed E-state index contributed by atoms with van der Waals surface area (Å²) in [5.74, 6) is -2.60. The van der Waals surface area contributed by atoms with Crippen molar-refractivity contribution >= 4 is 33.2 Å². The Morgan fingerprint density at radius 1 is 1.04 bits per heavy atom. The van der Waals surface area contributed by atoms with E-state index in [4.69, 9.17) is 16.3 Å². The number of hydrogen-bond acceptors (Lipinski definition) is 5. The number of piperidine rings is 1. The second-order valence-electron chi connectivity index (χ2n) is 13.2. The van der Waals surface area contributed by atoms with Crippen LogP contribution < -0.4 is 4.31 Å². The van der Waals surface area contributed by atoms with Crippen molar-refractivity contribution in [2.24, 2.45) is 11.8 Å². The molecule has 3 fully saturated rings. The van der Waals surface area contributed by atoms with E-state index in [9.17, 15) is 30.8 Å². The maximum Gasteiger partial charge on any atom is 0.407 e. The van der Waals surface area contributed by atoms with Crippen LogP contribution in [0.2, 0.25) is 5.02 Å². The Hall–Kier alpha value is -2.48. The minimum atomic E-state index is -4.78. The molecule has 1 amide bonds. The summed E-state index contributed by atoms with van der Waals surface area (Å²) in [6, 6.07) is 6.50. The summed E-state index contributed by atoms with van der Waals surface area (Å²) in [7, 11) is -4.30. The first-order chi connectivity index (χ1) is 22.0. The lowest BCUT2D eigenvalue weighted by molar-refractivity contribution is -0.136. The number of nitrogens with zero attached hydrogens (tertiary/aromatic N) is 3. The lowest BCUT2D eigenvalue weighted by atomic mass is 9.85. The molecule has 2 unspecified atom stereocenters. The van der Waals surface area contributed by atoms with Gasteiger partial charge in [-0.05, 0) is 86.3 Å². The number of benzene rings is 2. The van der Waals surface area contributed by atoms with E-state index in [2.05, 4.69) is 11.8 Å². The van der Waals surface area contributed by atoms with Crippen LogP contribution in [0.5, 0.6) is 0 Å². The minimum Gasteiger partial charge on any atom is -0.381 e. The molecule has 0 aliphatic carbocycles. The number of sulfonamides is 1. The van der Waals surface area contributed by atoms with Crippen LogP contribution in [-0.2, 0) is 19.6 Å². The number of ether oxygens (including phenoxy) is 1. The quantitative estimate of drug-likeness (QED) is 0.294. The highest BCUT2D eigenvalue weighted by Gasteiger charge is 2.45. The Morgan fingerprint density at radius 2 is 1.70 bits per heavy atom. The molecule has 47 heavy (non-hydrogen) atoms. The molecule has 2 aromatic rings. The molecular weight excluding hydrogens is 665 g/mol. The topological polar surface area (TPSA) is 70.2 Å². The van der Waals surface area contributed by atoms with Gasteiger partial charge in [-0.15, -0.1) is 0 Å². The molecule has 0 aromatic heterocycles. The van der Waals surface area contributed by atoms with Gasteiger partial charge in [0.25, 0.3) is 0 Å². The highest BCUT2D eigenvalue weighted by Crippen LogP contribution is 2.42. The Bertz CT molecular complexity index is 1560. The molecule has 3 saturated heterocycles. The van der Waals surface area contributed by atoms with E-state index >= 15 is 4.39 Å². The number of halogens is 6. The van der Waals surface area contributed by atoms with Crippen molar-refractivity contribution in [3.8, 4) is 0 Å². The van der Waals surface area contributed by atoms with Gasteiger partial charge in [-0.25, -0.2) is 17.2 Å². The van der Waals surface area contributed by atoms with E-state index in [-0.39, 0.29) is 36.6 Å². The predicted molar refractivity (Wildman–Crippen MR) is 170 cm³/mol. The zero-order valence-electron chi connectivity index (χ0n) is 26.7. The minimum absolute atomic E-state index is 0.0723. The Kier molecular flexibility index (Phi) is 10.8. The molecule has 3 atom stereocenters. The molecule has 7 nitrogen and oxygen atoms in total. The summed E-state index contributed by atoms with van der Waals surface area (Å²) in [5, 5.41) is 0.302. The second-order valence-corrected chi connectivity index (χ2v) is 15.5. The number of aryl methyl sites for hydroxylation is 1. The normalized spacial score (nSPS) is 22.9. The van der Waals surface area contributed by atoms with Gasteiger partial charge in [0.05, 0.1) is 17.9 Å². The number of hydrogen-bond donors (Lipinski definition) is 0. The third-order valence-corrected chi connectivity index (χ3v) is 11.6. The summed E-state index contributed by atoms with van der Waals surface area (Å²) in [5.41, 5.74) is 1.04. The number of rotatable bonds is 8. The number of carbonyl (C=O) groups excluding carboxylic acids is 1. The van der Waals surface area contributed by atoms with E-state index in [0.29, 0.717) is 71.1 Å². The van der Waals surface area contributed by atoms with Gasteiger partial charge in [0.15, 0.2) is 0 Å². The van der Waals surface area contributed by atoms with Gasteiger partial charge < -0.3 is 9.64 Å². The predicted octanol–water partition coefficient (Wildman–Crippen LogP) is 6.49. The molecule has 3 aliphatic heterocycles. The van der Waals surface area contributed by atoms with Crippen LogP contribution in [0.25, 0.3) is 0 Å². The molecule has 260 valence electrons. The molecule has 0 N–H and O–H groups in total. The van der Waals surface area contributed by atoms with Gasteiger partial charge in [-0.3, -0.25) is 14.0 Å². The summed E-state index contributed by atoms with van der Waals surface area (Å²) in [4.78, 5) is 18.1. The lowest BCUT2D eigenvalue weighted by Gasteiger charge is -2.37. The SMILES string of the molecule is Cc1cc(N(CC(F)(F)F)S(C)(=O)=O)c(C2CCN(C(=O)C3CN(C(C)C4CCOCC4)C[C@H]3c3ccc(F)cc3F)CC2)cc1Cl. The van der Waals surface area contributed by atoms with Gasteiger partial charge >= 0.3 is 6.18 Å². The third kappa shape index (κ3) is 8.22. The van der Waals surface area contributed by atoms with Crippen LogP contribution >= 0.6 is 11.6 Å².